The summed E-state index contributed by atoms with van der Waals surface area (Å²) >= 11 is 0. The third-order valence-corrected chi connectivity index (χ3v) is 3.90. The highest BCUT2D eigenvalue weighted by Crippen LogP contribution is 2.24. The molecule has 0 spiro atoms. The van der Waals surface area contributed by atoms with Gasteiger partial charge < -0.3 is 10.2 Å². The second-order valence-electron chi connectivity index (χ2n) is 5.32. The van der Waals surface area contributed by atoms with Crippen LogP contribution in [0.2, 0.25) is 0 Å². The average Bonchev–Trinajstić information content (AvgIpc) is 3.20. The molecular weight excluding hydrogens is 220 g/mol. The van der Waals surface area contributed by atoms with Crippen LogP contribution in [-0.4, -0.2) is 25.2 Å². The Balaban J connectivity index is 2.06. The first-order chi connectivity index (χ1) is 8.76. The smallest absolute Gasteiger partial charge is 0.0411 e. The van der Waals surface area contributed by atoms with Crippen LogP contribution in [0.15, 0.2) is 24.3 Å². The summed E-state index contributed by atoms with van der Waals surface area (Å²) in [5.74, 6) is 0. The molecule has 1 aliphatic rings. The third kappa shape index (κ3) is 3.26. The summed E-state index contributed by atoms with van der Waals surface area (Å²) in [5.41, 5.74) is 2.77. The summed E-state index contributed by atoms with van der Waals surface area (Å²) in [7, 11) is 0. The van der Waals surface area contributed by atoms with Gasteiger partial charge >= 0.3 is 0 Å². The number of hydrogen-bond acceptors (Lipinski definition) is 2. The molecule has 2 heteroatoms. The van der Waals surface area contributed by atoms with Crippen LogP contribution in [0.25, 0.3) is 0 Å². The van der Waals surface area contributed by atoms with Gasteiger partial charge in [-0.25, -0.2) is 0 Å². The van der Waals surface area contributed by atoms with Gasteiger partial charge in [0.2, 0.25) is 0 Å². The van der Waals surface area contributed by atoms with Crippen LogP contribution in [0.3, 0.4) is 0 Å². The Labute approximate surface area is 111 Å². The predicted molar refractivity (Wildman–Crippen MR) is 79.3 cm³/mol. The van der Waals surface area contributed by atoms with Crippen molar-refractivity contribution in [3.05, 3.63) is 29.8 Å². The molecule has 100 valence electrons. The number of para-hydroxylation sites is 1. The standard InChI is InChI=1S/C16H26N2/c1-4-15(12-17-14-10-11-14)18(5-2)16-9-7-6-8-13(16)3/h6-9,14-15,17H,4-5,10-12H2,1-3H3. The highest BCUT2D eigenvalue weighted by Gasteiger charge is 2.23. The molecular formula is C16H26N2. The highest BCUT2D eigenvalue weighted by molar-refractivity contribution is 5.53. The lowest BCUT2D eigenvalue weighted by molar-refractivity contribution is 0.522. The number of benzene rings is 1. The van der Waals surface area contributed by atoms with Gasteiger partial charge in [0.1, 0.15) is 0 Å². The molecule has 0 bridgehead atoms. The molecule has 0 aromatic heterocycles. The zero-order valence-electron chi connectivity index (χ0n) is 11.9. The molecule has 1 atom stereocenters. The van der Waals surface area contributed by atoms with Gasteiger partial charge in [0, 0.05) is 30.9 Å². The number of nitrogens with one attached hydrogen (secondary N) is 1. The third-order valence-electron chi connectivity index (χ3n) is 3.90. The lowest BCUT2D eigenvalue weighted by atomic mass is 10.1. The molecule has 1 unspecified atom stereocenters. The summed E-state index contributed by atoms with van der Waals surface area (Å²) < 4.78 is 0. The van der Waals surface area contributed by atoms with Crippen LogP contribution >= 0.6 is 0 Å². The Morgan fingerprint density at radius 3 is 2.56 bits per heavy atom. The van der Waals surface area contributed by atoms with Crippen molar-refractivity contribution in [2.45, 2.75) is 52.1 Å². The monoisotopic (exact) mass is 246 g/mol. The van der Waals surface area contributed by atoms with Crippen molar-refractivity contribution >= 4 is 5.69 Å². The van der Waals surface area contributed by atoms with Crippen LogP contribution < -0.4 is 10.2 Å². The molecule has 2 nitrogen and oxygen atoms in total. The maximum absolute atomic E-state index is 3.67. The minimum Gasteiger partial charge on any atom is -0.367 e. The Morgan fingerprint density at radius 2 is 2.00 bits per heavy atom. The SMILES string of the molecule is CCC(CNC1CC1)N(CC)c1ccccc1C. The lowest BCUT2D eigenvalue weighted by Crippen LogP contribution is -2.43. The maximum atomic E-state index is 3.67. The van der Waals surface area contributed by atoms with E-state index in [4.69, 9.17) is 0 Å². The topological polar surface area (TPSA) is 15.3 Å². The molecule has 18 heavy (non-hydrogen) atoms. The highest BCUT2D eigenvalue weighted by atomic mass is 15.2. The second-order valence-corrected chi connectivity index (χ2v) is 5.32. The largest absolute Gasteiger partial charge is 0.367 e. The fourth-order valence-electron chi connectivity index (χ4n) is 2.58. The molecule has 1 fully saturated rings. The van der Waals surface area contributed by atoms with E-state index in [2.05, 4.69) is 55.3 Å². The van der Waals surface area contributed by atoms with Crippen molar-refractivity contribution in [1.29, 1.82) is 0 Å². The van der Waals surface area contributed by atoms with Gasteiger partial charge in [-0.1, -0.05) is 25.1 Å². The Kier molecular flexibility index (Phi) is 4.65. The minimum absolute atomic E-state index is 0.608. The Hall–Kier alpha value is -1.02. The van der Waals surface area contributed by atoms with Gasteiger partial charge in [0.15, 0.2) is 0 Å². The van der Waals surface area contributed by atoms with Crippen LogP contribution in [-0.2, 0) is 0 Å². The molecule has 1 saturated carbocycles. The molecule has 1 aliphatic carbocycles. The van der Waals surface area contributed by atoms with Crippen LogP contribution in [0.4, 0.5) is 5.69 Å². The molecule has 0 amide bonds. The number of aryl methyl sites for hydroxylation is 1. The molecule has 2 rings (SSSR count). The van der Waals surface area contributed by atoms with Crippen molar-refractivity contribution < 1.29 is 0 Å². The fraction of sp³-hybridized carbons (Fsp3) is 0.625. The summed E-state index contributed by atoms with van der Waals surface area (Å²) in [5, 5.41) is 3.67. The van der Waals surface area contributed by atoms with Crippen molar-refractivity contribution in [3.8, 4) is 0 Å². The van der Waals surface area contributed by atoms with E-state index in [9.17, 15) is 0 Å². The zero-order valence-corrected chi connectivity index (χ0v) is 11.9. The summed E-state index contributed by atoms with van der Waals surface area (Å²) in [6.45, 7) is 8.95. The van der Waals surface area contributed by atoms with Crippen molar-refractivity contribution in [2.75, 3.05) is 18.0 Å². The first-order valence-corrected chi connectivity index (χ1v) is 7.31. The van der Waals surface area contributed by atoms with E-state index in [-0.39, 0.29) is 0 Å². The normalized spacial score (nSPS) is 16.6. The van der Waals surface area contributed by atoms with E-state index in [0.29, 0.717) is 6.04 Å². The van der Waals surface area contributed by atoms with Gasteiger partial charge in [0.05, 0.1) is 0 Å². The van der Waals surface area contributed by atoms with Gasteiger partial charge in [-0.15, -0.1) is 0 Å². The fourth-order valence-corrected chi connectivity index (χ4v) is 2.58. The summed E-state index contributed by atoms with van der Waals surface area (Å²) in [6.07, 6.45) is 3.93. The van der Waals surface area contributed by atoms with Crippen molar-refractivity contribution in [2.24, 2.45) is 0 Å². The van der Waals surface area contributed by atoms with E-state index in [1.807, 2.05) is 0 Å². The zero-order chi connectivity index (χ0) is 13.0. The van der Waals surface area contributed by atoms with E-state index in [0.717, 1.165) is 19.1 Å². The Bertz CT molecular complexity index is 371. The van der Waals surface area contributed by atoms with E-state index >= 15 is 0 Å². The summed E-state index contributed by atoms with van der Waals surface area (Å²) in [4.78, 5) is 2.55. The van der Waals surface area contributed by atoms with Gasteiger partial charge in [-0.3, -0.25) is 0 Å². The van der Waals surface area contributed by atoms with E-state index in [1.54, 1.807) is 0 Å². The van der Waals surface area contributed by atoms with E-state index < -0.39 is 0 Å². The van der Waals surface area contributed by atoms with Crippen LogP contribution in [0.1, 0.15) is 38.7 Å². The van der Waals surface area contributed by atoms with E-state index in [1.165, 1.54) is 30.5 Å². The average molecular weight is 246 g/mol. The molecule has 1 aromatic rings. The molecule has 0 heterocycles. The maximum Gasteiger partial charge on any atom is 0.0411 e. The number of anilines is 1. The van der Waals surface area contributed by atoms with Gasteiger partial charge in [-0.2, -0.15) is 0 Å². The minimum atomic E-state index is 0.608. The Morgan fingerprint density at radius 1 is 1.28 bits per heavy atom. The van der Waals surface area contributed by atoms with Crippen molar-refractivity contribution in [3.63, 3.8) is 0 Å². The molecule has 1 N–H and O–H groups in total. The number of likely N-dealkylation sites (N-methyl/N-ethyl adjacent to an activating group) is 1. The molecule has 0 aliphatic heterocycles. The number of rotatable bonds is 7. The quantitative estimate of drug-likeness (QED) is 0.793. The van der Waals surface area contributed by atoms with Crippen LogP contribution in [0.5, 0.6) is 0 Å². The number of hydrogen-bond donors (Lipinski definition) is 1. The van der Waals surface area contributed by atoms with Gasteiger partial charge in [0.25, 0.3) is 0 Å². The number of nitrogens with zero attached hydrogens (tertiary/aromatic N) is 1. The van der Waals surface area contributed by atoms with Gasteiger partial charge in [-0.05, 0) is 44.7 Å². The summed E-state index contributed by atoms with van der Waals surface area (Å²) in [6, 6.07) is 10.1. The predicted octanol–water partition coefficient (Wildman–Crippen LogP) is 3.35. The second kappa shape index (κ2) is 6.24. The van der Waals surface area contributed by atoms with Crippen LogP contribution in [0, 0.1) is 6.92 Å². The van der Waals surface area contributed by atoms with Crippen molar-refractivity contribution in [1.82, 2.24) is 5.32 Å². The molecule has 0 saturated heterocycles. The molecule has 0 radical (unpaired) electrons. The first-order valence-electron chi connectivity index (χ1n) is 7.31. The lowest BCUT2D eigenvalue weighted by Gasteiger charge is -2.33. The first kappa shape index (κ1) is 13.4. The molecule has 1 aromatic carbocycles.